The molecule has 42 heavy (non-hydrogen) atoms. The lowest BCUT2D eigenvalue weighted by Gasteiger charge is -2.43. The van der Waals surface area contributed by atoms with E-state index in [0.29, 0.717) is 16.9 Å². The molecular weight excluding hydrogens is 536 g/mol. The van der Waals surface area contributed by atoms with Gasteiger partial charge in [0.2, 0.25) is 11.6 Å². The van der Waals surface area contributed by atoms with E-state index < -0.39 is 19.9 Å². The Balaban J connectivity index is 1.50. The third-order valence-corrected chi connectivity index (χ3v) is 12.5. The summed E-state index contributed by atoms with van der Waals surface area (Å²) in [5.74, 6) is 0.138. The van der Waals surface area contributed by atoms with Gasteiger partial charge in [-0.3, -0.25) is 9.59 Å². The molecule has 0 amide bonds. The van der Waals surface area contributed by atoms with E-state index in [1.54, 1.807) is 43.5 Å². The maximum Gasteiger partial charge on any atom is 0.319 e. The highest BCUT2D eigenvalue weighted by Crippen LogP contribution is 2.37. The van der Waals surface area contributed by atoms with Crippen LogP contribution in [0, 0.1) is 0 Å². The van der Waals surface area contributed by atoms with Gasteiger partial charge in [0.25, 0.3) is 0 Å². The minimum atomic E-state index is -2.90. The largest absolute Gasteiger partial charge is 0.534 e. The van der Waals surface area contributed by atoms with Crippen molar-refractivity contribution in [1.29, 1.82) is 0 Å². The Morgan fingerprint density at radius 1 is 0.548 bits per heavy atom. The van der Waals surface area contributed by atoms with Gasteiger partial charge in [-0.25, -0.2) is 0 Å². The molecule has 0 aliphatic rings. The Morgan fingerprint density at radius 3 is 1.57 bits per heavy atom. The number of hydrogen-bond acceptors (Lipinski definition) is 4. The van der Waals surface area contributed by atoms with Crippen molar-refractivity contribution >= 4 is 30.3 Å². The summed E-state index contributed by atoms with van der Waals surface area (Å²) in [5, 5.41) is 2.02. The molecular formula is C37H34O4Si. The molecule has 0 aliphatic carbocycles. The first kappa shape index (κ1) is 28.8. The molecule has 0 aromatic heterocycles. The van der Waals surface area contributed by atoms with Crippen molar-refractivity contribution in [3.05, 3.63) is 145 Å². The molecule has 5 aromatic carbocycles. The molecule has 0 aliphatic heterocycles. The molecule has 0 N–H and O–H groups in total. The molecule has 0 unspecified atom stereocenters. The van der Waals surface area contributed by atoms with Gasteiger partial charge >= 0.3 is 8.32 Å². The van der Waals surface area contributed by atoms with Crippen LogP contribution in [0.3, 0.4) is 0 Å². The van der Waals surface area contributed by atoms with Crippen LogP contribution in [-0.4, -0.2) is 27.0 Å². The van der Waals surface area contributed by atoms with Crippen molar-refractivity contribution in [2.45, 2.75) is 25.8 Å². The van der Waals surface area contributed by atoms with Gasteiger partial charge in [-0.15, -0.1) is 0 Å². The van der Waals surface area contributed by atoms with Gasteiger partial charge in [-0.1, -0.05) is 124 Å². The van der Waals surface area contributed by atoms with Crippen LogP contribution in [0.5, 0.6) is 11.5 Å². The molecule has 0 fully saturated rings. The van der Waals surface area contributed by atoms with E-state index in [4.69, 9.17) is 9.16 Å². The topological polar surface area (TPSA) is 52.6 Å². The van der Waals surface area contributed by atoms with Crippen molar-refractivity contribution in [3.8, 4) is 22.6 Å². The molecule has 0 saturated carbocycles. The molecule has 5 aromatic rings. The molecule has 0 saturated heterocycles. The first-order valence-electron chi connectivity index (χ1n) is 14.0. The standard InChI is InChI=1S/C37H34O4Si/c1-37(2,3)42(33-20-7-5-8-21-33,34-22-9-6-10-23-34)41-32-19-13-17-30(26-32)36(39)35(38)29-16-11-14-27(24-29)28-15-12-18-31(25-28)40-4/h5-26H,1-4H3. The lowest BCUT2D eigenvalue weighted by atomic mass is 9.97. The number of methoxy groups -OCH3 is 1. The highest BCUT2D eigenvalue weighted by molar-refractivity contribution is 7.00. The van der Waals surface area contributed by atoms with Gasteiger partial charge in [0, 0.05) is 11.1 Å². The molecule has 0 radical (unpaired) electrons. The lowest BCUT2D eigenvalue weighted by Crippen LogP contribution is -2.68. The van der Waals surface area contributed by atoms with Crippen LogP contribution < -0.4 is 19.5 Å². The van der Waals surface area contributed by atoms with Crippen LogP contribution in [0.15, 0.2) is 133 Å². The Hall–Kier alpha value is -4.74. The highest BCUT2D eigenvalue weighted by Gasteiger charge is 2.52. The number of Topliss-reactive ketones (excluding diaryl/α,β-unsaturated/α-hetero) is 2. The Bertz CT molecular complexity index is 1670. The summed E-state index contributed by atoms with van der Waals surface area (Å²) in [6, 6.07) is 42.4. The zero-order valence-electron chi connectivity index (χ0n) is 24.3. The minimum Gasteiger partial charge on any atom is -0.534 e. The molecule has 4 nitrogen and oxygen atoms in total. The predicted molar refractivity (Wildman–Crippen MR) is 172 cm³/mol. The minimum absolute atomic E-state index is 0.244. The van der Waals surface area contributed by atoms with Crippen LogP contribution in [0.25, 0.3) is 11.1 Å². The van der Waals surface area contributed by atoms with Crippen molar-refractivity contribution in [3.63, 3.8) is 0 Å². The second kappa shape index (κ2) is 12.0. The number of ether oxygens (including phenoxy) is 1. The Kier molecular flexibility index (Phi) is 8.23. The summed E-state index contributed by atoms with van der Waals surface area (Å²) < 4.78 is 12.4. The number of carbonyl (C=O) groups is 2. The van der Waals surface area contributed by atoms with Crippen LogP contribution in [0.4, 0.5) is 0 Å². The van der Waals surface area contributed by atoms with E-state index in [-0.39, 0.29) is 5.04 Å². The fourth-order valence-electron chi connectivity index (χ4n) is 5.43. The van der Waals surface area contributed by atoms with Crippen LogP contribution in [0.2, 0.25) is 5.04 Å². The van der Waals surface area contributed by atoms with Gasteiger partial charge in [-0.2, -0.15) is 0 Å². The van der Waals surface area contributed by atoms with Crippen LogP contribution in [-0.2, 0) is 0 Å². The van der Waals surface area contributed by atoms with E-state index in [1.807, 2.05) is 72.8 Å². The maximum absolute atomic E-state index is 13.5. The van der Waals surface area contributed by atoms with E-state index in [2.05, 4.69) is 45.0 Å². The summed E-state index contributed by atoms with van der Waals surface area (Å²) in [5.41, 5.74) is 2.36. The fraction of sp³-hybridized carbons (Fsp3) is 0.135. The number of benzene rings is 5. The molecule has 0 atom stereocenters. The second-order valence-electron chi connectivity index (χ2n) is 11.3. The number of ketones is 2. The molecule has 0 bridgehead atoms. The number of carbonyl (C=O) groups excluding carboxylic acids is 2. The van der Waals surface area contributed by atoms with Gasteiger partial charge < -0.3 is 9.16 Å². The summed E-state index contributed by atoms with van der Waals surface area (Å²) in [7, 11) is -1.28. The van der Waals surface area contributed by atoms with Gasteiger partial charge in [0.05, 0.1) is 7.11 Å². The zero-order chi connectivity index (χ0) is 29.7. The third kappa shape index (κ3) is 5.69. The van der Waals surface area contributed by atoms with E-state index in [0.717, 1.165) is 27.2 Å². The van der Waals surface area contributed by atoms with Gasteiger partial charge in [-0.05, 0) is 56.9 Å². The van der Waals surface area contributed by atoms with Gasteiger partial charge in [0.1, 0.15) is 11.5 Å². The highest BCUT2D eigenvalue weighted by atomic mass is 28.4. The summed E-state index contributed by atoms with van der Waals surface area (Å²) in [4.78, 5) is 27.0. The quantitative estimate of drug-likeness (QED) is 0.106. The normalized spacial score (nSPS) is 11.5. The third-order valence-electron chi connectivity index (χ3n) is 7.52. The Labute approximate surface area is 248 Å². The summed E-state index contributed by atoms with van der Waals surface area (Å²) in [6.45, 7) is 6.60. The van der Waals surface area contributed by atoms with Crippen molar-refractivity contribution in [1.82, 2.24) is 0 Å². The Morgan fingerprint density at radius 2 is 1.02 bits per heavy atom. The lowest BCUT2D eigenvalue weighted by molar-refractivity contribution is 0.0817. The first-order chi connectivity index (χ1) is 20.2. The first-order valence-corrected chi connectivity index (χ1v) is 15.9. The fourth-order valence-corrected chi connectivity index (χ4v) is 9.84. The average Bonchev–Trinajstić information content (AvgIpc) is 3.03. The SMILES string of the molecule is COc1cccc(-c2cccc(C(=O)C(=O)c3cccc(O[Si](c4ccccc4)(c4ccccc4)C(C)(C)C)c3)c2)c1. The monoisotopic (exact) mass is 570 g/mol. The molecule has 0 spiro atoms. The molecule has 210 valence electrons. The van der Waals surface area contributed by atoms with E-state index >= 15 is 0 Å². The number of rotatable bonds is 9. The zero-order valence-corrected chi connectivity index (χ0v) is 25.3. The van der Waals surface area contributed by atoms with E-state index in [1.165, 1.54) is 0 Å². The van der Waals surface area contributed by atoms with E-state index in [9.17, 15) is 9.59 Å². The molecule has 0 heterocycles. The summed E-state index contributed by atoms with van der Waals surface area (Å²) >= 11 is 0. The number of hydrogen-bond donors (Lipinski definition) is 0. The smallest absolute Gasteiger partial charge is 0.319 e. The average molecular weight is 571 g/mol. The molecule has 5 heteroatoms. The second-order valence-corrected chi connectivity index (χ2v) is 15.5. The van der Waals surface area contributed by atoms with Crippen LogP contribution >= 0.6 is 0 Å². The van der Waals surface area contributed by atoms with Crippen molar-refractivity contribution < 1.29 is 18.8 Å². The van der Waals surface area contributed by atoms with Crippen molar-refractivity contribution in [2.75, 3.05) is 7.11 Å². The predicted octanol–water partition coefficient (Wildman–Crippen LogP) is 7.37. The van der Waals surface area contributed by atoms with Gasteiger partial charge in [0.15, 0.2) is 0 Å². The maximum atomic E-state index is 13.5. The van der Waals surface area contributed by atoms with Crippen LogP contribution in [0.1, 0.15) is 41.5 Å². The molecule has 5 rings (SSSR count). The summed E-state index contributed by atoms with van der Waals surface area (Å²) in [6.07, 6.45) is 0. The van der Waals surface area contributed by atoms with Crippen molar-refractivity contribution in [2.24, 2.45) is 0 Å².